The second kappa shape index (κ2) is 5.85. The molecule has 1 saturated heterocycles. The largest absolute Gasteiger partial charge is 0.369 e. The highest BCUT2D eigenvalue weighted by Crippen LogP contribution is 2.20. The molecule has 4 nitrogen and oxygen atoms in total. The van der Waals surface area contributed by atoms with E-state index in [1.807, 2.05) is 6.92 Å². The summed E-state index contributed by atoms with van der Waals surface area (Å²) in [6, 6.07) is 0.644. The molecule has 5 heteroatoms. The van der Waals surface area contributed by atoms with Crippen molar-refractivity contribution in [3.05, 3.63) is 17.0 Å². The normalized spacial score (nSPS) is 20.6. The Morgan fingerprint density at radius 1 is 1.56 bits per heavy atom. The molecular weight excluding hydrogens is 248 g/mol. The minimum atomic E-state index is 0.304. The molecule has 1 N–H and O–H groups in total. The van der Waals surface area contributed by atoms with Crippen LogP contribution in [-0.4, -0.2) is 40.5 Å². The van der Waals surface area contributed by atoms with Gasteiger partial charge < -0.3 is 10.2 Å². The van der Waals surface area contributed by atoms with Crippen LogP contribution >= 0.6 is 11.6 Å². The van der Waals surface area contributed by atoms with Crippen molar-refractivity contribution in [2.45, 2.75) is 33.2 Å². The smallest absolute Gasteiger partial charge is 0.224 e. The molecule has 18 heavy (non-hydrogen) atoms. The van der Waals surface area contributed by atoms with E-state index in [0.717, 1.165) is 17.9 Å². The van der Waals surface area contributed by atoms with Crippen molar-refractivity contribution in [3.63, 3.8) is 0 Å². The van der Waals surface area contributed by atoms with Crippen molar-refractivity contribution in [2.24, 2.45) is 5.92 Å². The summed E-state index contributed by atoms with van der Waals surface area (Å²) in [4.78, 5) is 10.7. The number of hydrogen-bond donors (Lipinski definition) is 1. The molecule has 100 valence electrons. The van der Waals surface area contributed by atoms with Gasteiger partial charge in [0.15, 0.2) is 0 Å². The SMILES string of the molecule is Cc1cnc(Cl)nc1NCC1CCN(C(C)C)C1. The van der Waals surface area contributed by atoms with Crippen molar-refractivity contribution in [2.75, 3.05) is 25.0 Å². The summed E-state index contributed by atoms with van der Waals surface area (Å²) in [5.74, 6) is 1.55. The molecule has 1 unspecified atom stereocenters. The average molecular weight is 269 g/mol. The quantitative estimate of drug-likeness (QED) is 0.853. The summed E-state index contributed by atoms with van der Waals surface area (Å²) in [5.41, 5.74) is 1.04. The second-order valence-corrected chi connectivity index (χ2v) is 5.63. The number of hydrogen-bond acceptors (Lipinski definition) is 4. The van der Waals surface area contributed by atoms with E-state index in [1.165, 1.54) is 19.5 Å². The van der Waals surface area contributed by atoms with Crippen LogP contribution in [0.5, 0.6) is 0 Å². The number of aromatic nitrogens is 2. The molecule has 1 aliphatic heterocycles. The predicted octanol–water partition coefficient (Wildman–Crippen LogP) is 2.58. The highest BCUT2D eigenvalue weighted by molar-refractivity contribution is 6.28. The van der Waals surface area contributed by atoms with Crippen molar-refractivity contribution in [1.82, 2.24) is 14.9 Å². The molecule has 0 bridgehead atoms. The molecule has 0 aromatic carbocycles. The van der Waals surface area contributed by atoms with Gasteiger partial charge >= 0.3 is 0 Å². The van der Waals surface area contributed by atoms with E-state index in [9.17, 15) is 0 Å². The fourth-order valence-electron chi connectivity index (χ4n) is 2.34. The Hall–Kier alpha value is -0.870. The first-order valence-corrected chi connectivity index (χ1v) is 6.91. The molecule has 1 fully saturated rings. The molecule has 1 aliphatic rings. The maximum atomic E-state index is 5.81. The summed E-state index contributed by atoms with van der Waals surface area (Å²) in [7, 11) is 0. The zero-order chi connectivity index (χ0) is 13.1. The van der Waals surface area contributed by atoms with Gasteiger partial charge in [-0.2, -0.15) is 0 Å². The Morgan fingerprint density at radius 3 is 3.00 bits per heavy atom. The third-order valence-electron chi connectivity index (χ3n) is 3.55. The number of aryl methyl sites for hydroxylation is 1. The Kier molecular flexibility index (Phi) is 4.40. The summed E-state index contributed by atoms with van der Waals surface area (Å²) >= 11 is 5.81. The monoisotopic (exact) mass is 268 g/mol. The molecular formula is C13H21ClN4. The lowest BCUT2D eigenvalue weighted by Gasteiger charge is -2.20. The molecule has 1 atom stereocenters. The van der Waals surface area contributed by atoms with Crippen molar-refractivity contribution < 1.29 is 0 Å². The van der Waals surface area contributed by atoms with Crippen molar-refractivity contribution in [1.29, 1.82) is 0 Å². The molecule has 0 saturated carbocycles. The van der Waals surface area contributed by atoms with Crippen LogP contribution in [0.25, 0.3) is 0 Å². The van der Waals surface area contributed by atoms with E-state index in [-0.39, 0.29) is 0 Å². The van der Waals surface area contributed by atoms with Gasteiger partial charge in [0.2, 0.25) is 5.28 Å². The lowest BCUT2D eigenvalue weighted by Crippen LogP contribution is -2.29. The zero-order valence-electron chi connectivity index (χ0n) is 11.3. The predicted molar refractivity (Wildman–Crippen MR) is 75.1 cm³/mol. The van der Waals surface area contributed by atoms with Gasteiger partial charge in [0.25, 0.3) is 0 Å². The van der Waals surface area contributed by atoms with E-state index >= 15 is 0 Å². The number of nitrogens with one attached hydrogen (secondary N) is 1. The van der Waals surface area contributed by atoms with Gasteiger partial charge in [-0.1, -0.05) is 0 Å². The number of likely N-dealkylation sites (tertiary alicyclic amines) is 1. The van der Waals surface area contributed by atoms with Gasteiger partial charge in [0.1, 0.15) is 5.82 Å². The lowest BCUT2D eigenvalue weighted by atomic mass is 10.1. The van der Waals surface area contributed by atoms with E-state index in [4.69, 9.17) is 11.6 Å². The van der Waals surface area contributed by atoms with Crippen LogP contribution in [0.4, 0.5) is 5.82 Å². The number of rotatable bonds is 4. The van der Waals surface area contributed by atoms with Crippen molar-refractivity contribution in [3.8, 4) is 0 Å². The van der Waals surface area contributed by atoms with Crippen LogP contribution in [-0.2, 0) is 0 Å². The first kappa shape index (κ1) is 13.6. The van der Waals surface area contributed by atoms with Crippen LogP contribution in [0.15, 0.2) is 6.20 Å². The number of nitrogens with zero attached hydrogens (tertiary/aromatic N) is 3. The van der Waals surface area contributed by atoms with Crippen LogP contribution in [0.2, 0.25) is 5.28 Å². The third kappa shape index (κ3) is 3.33. The molecule has 1 aromatic rings. The summed E-state index contributed by atoms with van der Waals surface area (Å²) in [6.45, 7) is 9.83. The number of anilines is 1. The Bertz CT molecular complexity index is 408. The maximum Gasteiger partial charge on any atom is 0.224 e. The zero-order valence-corrected chi connectivity index (χ0v) is 12.0. The molecule has 0 aliphatic carbocycles. The second-order valence-electron chi connectivity index (χ2n) is 5.29. The molecule has 0 spiro atoms. The Morgan fingerprint density at radius 2 is 2.33 bits per heavy atom. The van der Waals surface area contributed by atoms with Crippen LogP contribution in [0, 0.1) is 12.8 Å². The fourth-order valence-corrected chi connectivity index (χ4v) is 2.47. The fraction of sp³-hybridized carbons (Fsp3) is 0.692. The minimum Gasteiger partial charge on any atom is -0.369 e. The van der Waals surface area contributed by atoms with Gasteiger partial charge in [0.05, 0.1) is 0 Å². The Balaban J connectivity index is 1.87. The van der Waals surface area contributed by atoms with Gasteiger partial charge in [-0.05, 0) is 51.3 Å². The number of halogens is 1. The summed E-state index contributed by atoms with van der Waals surface area (Å²) in [6.07, 6.45) is 3.01. The lowest BCUT2D eigenvalue weighted by molar-refractivity contribution is 0.266. The maximum absolute atomic E-state index is 5.81. The molecule has 0 amide bonds. The van der Waals surface area contributed by atoms with Crippen LogP contribution in [0.3, 0.4) is 0 Å². The van der Waals surface area contributed by atoms with E-state index in [0.29, 0.717) is 17.2 Å². The van der Waals surface area contributed by atoms with Gasteiger partial charge in [0, 0.05) is 30.9 Å². The molecule has 0 radical (unpaired) electrons. The van der Waals surface area contributed by atoms with Crippen LogP contribution < -0.4 is 5.32 Å². The average Bonchev–Trinajstić information content (AvgIpc) is 2.79. The van der Waals surface area contributed by atoms with E-state index in [2.05, 4.69) is 34.0 Å². The standard InChI is InChI=1S/C13H21ClN4/c1-9(2)18-5-4-11(8-18)7-15-12-10(3)6-16-13(14)17-12/h6,9,11H,4-5,7-8H2,1-3H3,(H,15,16,17). The molecule has 2 rings (SSSR count). The highest BCUT2D eigenvalue weighted by atomic mass is 35.5. The van der Waals surface area contributed by atoms with Gasteiger partial charge in [-0.15, -0.1) is 0 Å². The first-order valence-electron chi connectivity index (χ1n) is 6.53. The Labute approximate surface area is 114 Å². The van der Waals surface area contributed by atoms with Gasteiger partial charge in [-0.25, -0.2) is 9.97 Å². The highest BCUT2D eigenvalue weighted by Gasteiger charge is 2.23. The van der Waals surface area contributed by atoms with Gasteiger partial charge in [-0.3, -0.25) is 0 Å². The van der Waals surface area contributed by atoms with E-state index < -0.39 is 0 Å². The molecule has 2 heterocycles. The van der Waals surface area contributed by atoms with Crippen molar-refractivity contribution >= 4 is 17.4 Å². The molecule has 1 aromatic heterocycles. The minimum absolute atomic E-state index is 0.304. The summed E-state index contributed by atoms with van der Waals surface area (Å²) in [5, 5.41) is 3.70. The van der Waals surface area contributed by atoms with E-state index in [1.54, 1.807) is 6.20 Å². The summed E-state index contributed by atoms with van der Waals surface area (Å²) < 4.78 is 0. The topological polar surface area (TPSA) is 41.1 Å². The first-order chi connectivity index (χ1) is 8.56. The third-order valence-corrected chi connectivity index (χ3v) is 3.73. The van der Waals surface area contributed by atoms with Crippen LogP contribution in [0.1, 0.15) is 25.8 Å².